The first kappa shape index (κ1) is 22.7. The second-order valence-corrected chi connectivity index (χ2v) is 9.47. The number of nitrogens with one attached hydrogen (secondary N) is 1. The Morgan fingerprint density at radius 3 is 2.66 bits per heavy atom. The van der Waals surface area contributed by atoms with E-state index in [0.29, 0.717) is 17.7 Å². The second-order valence-electron chi connectivity index (χ2n) is 8.48. The van der Waals surface area contributed by atoms with Gasteiger partial charge >= 0.3 is 0 Å². The highest BCUT2D eigenvalue weighted by atomic mass is 32.1. The van der Waals surface area contributed by atoms with Crippen molar-refractivity contribution in [2.75, 3.05) is 26.2 Å². The third-order valence-electron chi connectivity index (χ3n) is 5.87. The van der Waals surface area contributed by atoms with Crippen LogP contribution in [0.4, 0.5) is 0 Å². The molecule has 0 atom stereocenters. The number of fused-ring (bicyclic) bond motifs is 1. The highest BCUT2D eigenvalue weighted by Crippen LogP contribution is 2.33. The van der Waals surface area contributed by atoms with Gasteiger partial charge in [-0.2, -0.15) is 0 Å². The van der Waals surface area contributed by atoms with E-state index in [1.54, 1.807) is 11.3 Å². The summed E-state index contributed by atoms with van der Waals surface area (Å²) in [5, 5.41) is 8.51. The van der Waals surface area contributed by atoms with Gasteiger partial charge in [0.05, 0.1) is 16.8 Å². The predicted molar refractivity (Wildman–Crippen MR) is 132 cm³/mol. The molecule has 2 aromatic carbocycles. The summed E-state index contributed by atoms with van der Waals surface area (Å²) in [6, 6.07) is 16.5. The minimum absolute atomic E-state index is 0.415. The normalized spacial score (nSPS) is 13.6. The lowest BCUT2D eigenvalue weighted by molar-refractivity contribution is 0.260. The van der Waals surface area contributed by atoms with E-state index in [9.17, 15) is 0 Å². The number of thiazole rings is 1. The zero-order chi connectivity index (χ0) is 22.2. The number of benzene rings is 2. The fraction of sp³-hybridized carbons (Fsp3) is 0.462. The van der Waals surface area contributed by atoms with E-state index in [2.05, 4.69) is 28.1 Å². The first-order chi connectivity index (χ1) is 15.7. The minimum atomic E-state index is 0.415. The first-order valence-electron chi connectivity index (χ1n) is 11.7. The Labute approximate surface area is 194 Å². The molecular formula is C26H33N3O2S. The van der Waals surface area contributed by atoms with Crippen LogP contribution in [0.2, 0.25) is 0 Å². The van der Waals surface area contributed by atoms with Crippen molar-refractivity contribution in [3.05, 3.63) is 54.1 Å². The van der Waals surface area contributed by atoms with Gasteiger partial charge in [0.2, 0.25) is 0 Å². The summed E-state index contributed by atoms with van der Waals surface area (Å²) in [5.41, 5.74) is 2.30. The standard InChI is InChI=1S/C26H33N3O2S/c1-2-30-25(27)8-5-17-29(18-15-20-9-10-20)19-16-21-11-13-22(14-12-21)31-26-28-23-6-3-4-7-24(23)32-26/h3-4,6-7,11-14,20,27H,2,5,8-10,15-19H2,1H3. The van der Waals surface area contributed by atoms with Crippen molar-refractivity contribution in [1.82, 2.24) is 9.88 Å². The van der Waals surface area contributed by atoms with Crippen LogP contribution in [-0.4, -0.2) is 42.0 Å². The van der Waals surface area contributed by atoms with E-state index in [-0.39, 0.29) is 0 Å². The van der Waals surface area contributed by atoms with Crippen molar-refractivity contribution in [3.63, 3.8) is 0 Å². The Kier molecular flexibility index (Phi) is 8.13. The SMILES string of the molecule is CCOC(=N)CCCN(CCc1ccc(Oc2nc3ccccc3s2)cc1)CCC1CC1. The number of hydrogen-bond donors (Lipinski definition) is 1. The van der Waals surface area contributed by atoms with Crippen LogP contribution >= 0.6 is 11.3 Å². The molecule has 6 heteroatoms. The van der Waals surface area contributed by atoms with E-state index in [0.717, 1.165) is 60.8 Å². The van der Waals surface area contributed by atoms with Crippen LogP contribution in [0.25, 0.3) is 10.2 Å². The summed E-state index contributed by atoms with van der Waals surface area (Å²) < 4.78 is 12.4. The molecule has 1 aliphatic rings. The van der Waals surface area contributed by atoms with Gasteiger partial charge < -0.3 is 14.4 Å². The molecule has 1 heterocycles. The van der Waals surface area contributed by atoms with E-state index in [1.807, 2.05) is 37.3 Å². The van der Waals surface area contributed by atoms with Gasteiger partial charge in [0.1, 0.15) is 5.75 Å². The van der Waals surface area contributed by atoms with E-state index in [1.165, 1.54) is 24.8 Å². The molecule has 3 aromatic rings. The van der Waals surface area contributed by atoms with Crippen molar-refractivity contribution >= 4 is 27.5 Å². The lowest BCUT2D eigenvalue weighted by atomic mass is 10.1. The van der Waals surface area contributed by atoms with E-state index >= 15 is 0 Å². The summed E-state index contributed by atoms with van der Waals surface area (Å²) in [7, 11) is 0. The Hall–Kier alpha value is -2.44. The summed E-state index contributed by atoms with van der Waals surface area (Å²) in [6.45, 7) is 5.76. The Bertz CT molecular complexity index is 965. The fourth-order valence-electron chi connectivity index (χ4n) is 3.82. The molecule has 0 amide bonds. The fourth-order valence-corrected chi connectivity index (χ4v) is 4.66. The summed E-state index contributed by atoms with van der Waals surface area (Å²) in [6.07, 6.45) is 6.84. The van der Waals surface area contributed by atoms with Crippen molar-refractivity contribution in [1.29, 1.82) is 5.41 Å². The molecule has 0 spiro atoms. The van der Waals surface area contributed by atoms with Gasteiger partial charge in [-0.3, -0.25) is 5.41 Å². The molecule has 5 nitrogen and oxygen atoms in total. The lowest BCUT2D eigenvalue weighted by Gasteiger charge is -2.22. The van der Waals surface area contributed by atoms with Gasteiger partial charge in [-0.15, -0.1) is 0 Å². The molecule has 0 unspecified atom stereocenters. The minimum Gasteiger partial charge on any atom is -0.481 e. The van der Waals surface area contributed by atoms with Gasteiger partial charge in [-0.1, -0.05) is 48.4 Å². The molecule has 170 valence electrons. The maximum absolute atomic E-state index is 7.83. The zero-order valence-electron chi connectivity index (χ0n) is 18.9. The van der Waals surface area contributed by atoms with Crippen LogP contribution in [0, 0.1) is 11.3 Å². The Balaban J connectivity index is 1.26. The zero-order valence-corrected chi connectivity index (χ0v) is 19.7. The molecule has 0 radical (unpaired) electrons. The molecular weight excluding hydrogens is 418 g/mol. The monoisotopic (exact) mass is 451 g/mol. The number of rotatable bonds is 13. The molecule has 1 aliphatic carbocycles. The molecule has 0 aliphatic heterocycles. The lowest BCUT2D eigenvalue weighted by Crippen LogP contribution is -2.29. The summed E-state index contributed by atoms with van der Waals surface area (Å²) >= 11 is 1.57. The Morgan fingerprint density at radius 1 is 1.09 bits per heavy atom. The van der Waals surface area contributed by atoms with Crippen molar-refractivity contribution in [2.24, 2.45) is 5.92 Å². The van der Waals surface area contributed by atoms with Crippen LogP contribution in [-0.2, 0) is 11.2 Å². The molecule has 4 rings (SSSR count). The first-order valence-corrected chi connectivity index (χ1v) is 12.6. The number of hydrogen-bond acceptors (Lipinski definition) is 6. The maximum Gasteiger partial charge on any atom is 0.279 e. The van der Waals surface area contributed by atoms with Crippen molar-refractivity contribution < 1.29 is 9.47 Å². The predicted octanol–water partition coefficient (Wildman–Crippen LogP) is 6.53. The van der Waals surface area contributed by atoms with Crippen molar-refractivity contribution in [3.8, 4) is 10.9 Å². The van der Waals surface area contributed by atoms with Gasteiger partial charge in [-0.25, -0.2) is 4.98 Å². The summed E-state index contributed by atoms with van der Waals surface area (Å²) in [5.74, 6) is 2.18. The molecule has 0 bridgehead atoms. The molecule has 0 saturated heterocycles. The maximum atomic E-state index is 7.83. The highest BCUT2D eigenvalue weighted by molar-refractivity contribution is 7.20. The van der Waals surface area contributed by atoms with Gasteiger partial charge in [0.15, 0.2) is 5.90 Å². The van der Waals surface area contributed by atoms with Crippen molar-refractivity contribution in [2.45, 2.75) is 45.4 Å². The second kappa shape index (κ2) is 11.4. The average molecular weight is 452 g/mol. The van der Waals surface area contributed by atoms with Gasteiger partial charge in [0.25, 0.3) is 5.19 Å². The van der Waals surface area contributed by atoms with Crippen LogP contribution in [0.15, 0.2) is 48.5 Å². The van der Waals surface area contributed by atoms with Crippen LogP contribution in [0.5, 0.6) is 10.9 Å². The molecule has 1 aromatic heterocycles. The third kappa shape index (κ3) is 7.04. The molecule has 1 fully saturated rings. The quantitative estimate of drug-likeness (QED) is 0.237. The van der Waals surface area contributed by atoms with E-state index < -0.39 is 0 Å². The third-order valence-corrected chi connectivity index (χ3v) is 6.78. The molecule has 1 N–H and O–H groups in total. The number of para-hydroxylation sites is 1. The number of ether oxygens (including phenoxy) is 2. The largest absolute Gasteiger partial charge is 0.481 e. The van der Waals surface area contributed by atoms with Crippen LogP contribution in [0.3, 0.4) is 0 Å². The average Bonchev–Trinajstić information content (AvgIpc) is 3.54. The number of aromatic nitrogens is 1. The van der Waals surface area contributed by atoms with Crippen LogP contribution in [0.1, 0.15) is 44.6 Å². The Morgan fingerprint density at radius 2 is 1.91 bits per heavy atom. The van der Waals surface area contributed by atoms with Gasteiger partial charge in [0, 0.05) is 13.0 Å². The van der Waals surface area contributed by atoms with Gasteiger partial charge in [-0.05, 0) is 75.0 Å². The number of nitrogens with zero attached hydrogens (tertiary/aromatic N) is 2. The topological polar surface area (TPSA) is 58.4 Å². The smallest absolute Gasteiger partial charge is 0.279 e. The summed E-state index contributed by atoms with van der Waals surface area (Å²) in [4.78, 5) is 7.11. The highest BCUT2D eigenvalue weighted by Gasteiger charge is 2.21. The molecule has 1 saturated carbocycles. The molecule has 32 heavy (non-hydrogen) atoms. The van der Waals surface area contributed by atoms with Crippen LogP contribution < -0.4 is 4.74 Å². The van der Waals surface area contributed by atoms with E-state index in [4.69, 9.17) is 14.9 Å².